The molecule has 5 nitrogen and oxygen atoms in total. The van der Waals surface area contributed by atoms with Gasteiger partial charge in [-0.15, -0.1) is 12.4 Å². The van der Waals surface area contributed by atoms with Gasteiger partial charge >= 0.3 is 6.18 Å². The van der Waals surface area contributed by atoms with Gasteiger partial charge in [0.15, 0.2) is 0 Å². The number of hydrogen-bond donors (Lipinski definition) is 2. The van der Waals surface area contributed by atoms with Crippen LogP contribution in [-0.2, 0) is 11.0 Å². The molecule has 1 aromatic rings. The van der Waals surface area contributed by atoms with Gasteiger partial charge in [-0.2, -0.15) is 13.2 Å². The topological polar surface area (TPSA) is 75.4 Å². The smallest absolute Gasteiger partial charge is 0.348 e. The molecule has 0 saturated carbocycles. The second-order valence-corrected chi connectivity index (χ2v) is 6.46. The molecule has 0 aromatic heterocycles. The third-order valence-corrected chi connectivity index (χ3v) is 4.42. The predicted molar refractivity (Wildman–Crippen MR) is 100 cm³/mol. The summed E-state index contributed by atoms with van der Waals surface area (Å²) in [6.07, 6.45) is -1.28. The van der Waals surface area contributed by atoms with Crippen molar-refractivity contribution in [3.05, 3.63) is 29.3 Å². The number of amides is 2. The Morgan fingerprint density at radius 3 is 2.56 bits per heavy atom. The first-order chi connectivity index (χ1) is 12.3. The fraction of sp³-hybridized carbons (Fsp3) is 0.556. The van der Waals surface area contributed by atoms with Crippen molar-refractivity contribution in [3.8, 4) is 0 Å². The molecule has 0 radical (unpaired) electrons. The van der Waals surface area contributed by atoms with Crippen LogP contribution in [0.15, 0.2) is 18.2 Å². The Morgan fingerprint density at radius 2 is 2.04 bits per heavy atom. The van der Waals surface area contributed by atoms with E-state index >= 15 is 0 Å². The summed E-state index contributed by atoms with van der Waals surface area (Å²) in [5, 5.41) is 2.69. The van der Waals surface area contributed by atoms with E-state index in [1.54, 1.807) is 0 Å². The van der Waals surface area contributed by atoms with Gasteiger partial charge in [0.1, 0.15) is 0 Å². The number of benzene rings is 1. The van der Waals surface area contributed by atoms with Crippen LogP contribution in [0.4, 0.5) is 18.9 Å². The Morgan fingerprint density at radius 1 is 1.33 bits per heavy atom. The lowest BCUT2D eigenvalue weighted by Gasteiger charge is -2.21. The molecule has 1 saturated heterocycles. The van der Waals surface area contributed by atoms with Crippen LogP contribution in [0.3, 0.4) is 0 Å². The molecule has 0 bridgehead atoms. The highest BCUT2D eigenvalue weighted by Crippen LogP contribution is 2.34. The minimum atomic E-state index is -4.61. The summed E-state index contributed by atoms with van der Waals surface area (Å²) in [7, 11) is 0. The van der Waals surface area contributed by atoms with E-state index in [0.29, 0.717) is 25.8 Å². The van der Waals surface area contributed by atoms with Gasteiger partial charge in [-0.1, -0.05) is 19.8 Å². The van der Waals surface area contributed by atoms with Gasteiger partial charge in [-0.25, -0.2) is 0 Å². The lowest BCUT2D eigenvalue weighted by molar-refractivity contribution is -0.137. The number of carbonyl (C=O) groups excluding carboxylic acids is 2. The van der Waals surface area contributed by atoms with Gasteiger partial charge < -0.3 is 16.0 Å². The summed E-state index contributed by atoms with van der Waals surface area (Å²) in [5.74, 6) is -0.853. The molecule has 1 aliphatic heterocycles. The van der Waals surface area contributed by atoms with Crippen molar-refractivity contribution in [3.63, 3.8) is 0 Å². The zero-order valence-corrected chi connectivity index (χ0v) is 16.0. The van der Waals surface area contributed by atoms with E-state index in [0.717, 1.165) is 25.0 Å². The first kappa shape index (κ1) is 23.2. The fourth-order valence-electron chi connectivity index (χ4n) is 2.95. The molecule has 0 aliphatic carbocycles. The van der Waals surface area contributed by atoms with Crippen molar-refractivity contribution in [1.29, 1.82) is 0 Å². The maximum Gasteiger partial charge on any atom is 0.416 e. The van der Waals surface area contributed by atoms with Crippen LogP contribution in [0.1, 0.15) is 54.9 Å². The van der Waals surface area contributed by atoms with Gasteiger partial charge in [0.2, 0.25) is 5.91 Å². The number of alkyl halides is 3. The van der Waals surface area contributed by atoms with Crippen molar-refractivity contribution < 1.29 is 22.8 Å². The Kier molecular flexibility index (Phi) is 8.56. The van der Waals surface area contributed by atoms with Crippen LogP contribution in [0.5, 0.6) is 0 Å². The molecule has 0 spiro atoms. The van der Waals surface area contributed by atoms with Gasteiger partial charge in [0.25, 0.3) is 5.91 Å². The van der Waals surface area contributed by atoms with Gasteiger partial charge in [0, 0.05) is 36.8 Å². The Bertz CT molecular complexity index is 668. The van der Waals surface area contributed by atoms with E-state index in [2.05, 4.69) is 5.32 Å². The zero-order chi connectivity index (χ0) is 19.3. The molecular formula is C18H25ClF3N3O2. The standard InChI is InChI=1S/C18H24F3N3O2.ClH/c1-2-3-5-14(11-22)23-17(26)12-8-13(18(19,20)21)10-15(9-12)24-7-4-6-16(24)25;/h8-10,14H,2-7,11,22H2,1H3,(H,23,26);1H. The highest BCUT2D eigenvalue weighted by Gasteiger charge is 2.33. The molecule has 9 heteroatoms. The first-order valence-corrected chi connectivity index (χ1v) is 8.79. The molecule has 1 aromatic carbocycles. The molecule has 1 unspecified atom stereocenters. The van der Waals surface area contributed by atoms with Crippen molar-refractivity contribution in [2.75, 3.05) is 18.0 Å². The molecule has 1 heterocycles. The highest BCUT2D eigenvalue weighted by molar-refractivity contribution is 5.99. The molecule has 1 aliphatic rings. The molecular weight excluding hydrogens is 383 g/mol. The SMILES string of the molecule is CCCCC(CN)NC(=O)c1cc(N2CCCC2=O)cc(C(F)(F)F)c1.Cl. The predicted octanol–water partition coefficient (Wildman–Crippen LogP) is 3.50. The van der Waals surface area contributed by atoms with E-state index in [1.165, 1.54) is 11.0 Å². The largest absolute Gasteiger partial charge is 0.416 e. The number of carbonyl (C=O) groups is 2. The Hall–Kier alpha value is -1.80. The average Bonchev–Trinajstić information content (AvgIpc) is 3.03. The minimum absolute atomic E-state index is 0. The fourth-order valence-corrected chi connectivity index (χ4v) is 2.95. The number of unbranched alkanes of at least 4 members (excludes halogenated alkanes) is 1. The summed E-state index contributed by atoms with van der Waals surface area (Å²) in [6.45, 7) is 2.56. The maximum atomic E-state index is 13.2. The van der Waals surface area contributed by atoms with Gasteiger partial charge in [-0.3, -0.25) is 9.59 Å². The second-order valence-electron chi connectivity index (χ2n) is 6.46. The monoisotopic (exact) mass is 407 g/mol. The number of nitrogens with two attached hydrogens (primary N) is 1. The van der Waals surface area contributed by atoms with Crippen molar-refractivity contribution >= 4 is 29.9 Å². The normalized spacial score (nSPS) is 15.4. The van der Waals surface area contributed by atoms with Crippen molar-refractivity contribution in [2.45, 2.75) is 51.2 Å². The number of anilines is 1. The molecule has 1 fully saturated rings. The highest BCUT2D eigenvalue weighted by atomic mass is 35.5. The minimum Gasteiger partial charge on any atom is -0.348 e. The second kappa shape index (κ2) is 9.94. The quantitative estimate of drug-likeness (QED) is 0.726. The third kappa shape index (κ3) is 6.10. The van der Waals surface area contributed by atoms with Crippen LogP contribution in [0, 0.1) is 0 Å². The van der Waals surface area contributed by atoms with E-state index < -0.39 is 17.6 Å². The molecule has 2 rings (SSSR count). The number of rotatable bonds is 7. The van der Waals surface area contributed by atoms with E-state index in [4.69, 9.17) is 5.73 Å². The summed E-state index contributed by atoms with van der Waals surface area (Å²) in [6, 6.07) is 2.76. The van der Waals surface area contributed by atoms with Crippen molar-refractivity contribution in [1.82, 2.24) is 5.32 Å². The van der Waals surface area contributed by atoms with Crippen LogP contribution in [0.2, 0.25) is 0 Å². The lowest BCUT2D eigenvalue weighted by Crippen LogP contribution is -2.40. The molecule has 2 amide bonds. The van der Waals surface area contributed by atoms with E-state index in [-0.39, 0.29) is 42.2 Å². The first-order valence-electron chi connectivity index (χ1n) is 8.79. The molecule has 1 atom stereocenters. The van der Waals surface area contributed by atoms with Crippen molar-refractivity contribution in [2.24, 2.45) is 5.73 Å². The Labute approximate surface area is 162 Å². The molecule has 3 N–H and O–H groups in total. The number of hydrogen-bond acceptors (Lipinski definition) is 3. The van der Waals surface area contributed by atoms with Gasteiger partial charge in [-0.05, 0) is 31.0 Å². The number of halogens is 4. The van der Waals surface area contributed by atoms with Crippen LogP contribution < -0.4 is 16.0 Å². The maximum absolute atomic E-state index is 13.2. The number of nitrogens with zero attached hydrogens (tertiary/aromatic N) is 1. The van der Waals surface area contributed by atoms with Gasteiger partial charge in [0.05, 0.1) is 5.56 Å². The third-order valence-electron chi connectivity index (χ3n) is 4.42. The van der Waals surface area contributed by atoms with Crippen LogP contribution >= 0.6 is 12.4 Å². The molecule has 152 valence electrons. The average molecular weight is 408 g/mol. The van der Waals surface area contributed by atoms with E-state index in [1.807, 2.05) is 6.92 Å². The zero-order valence-electron chi connectivity index (χ0n) is 15.1. The summed E-state index contributed by atoms with van der Waals surface area (Å²) >= 11 is 0. The van der Waals surface area contributed by atoms with E-state index in [9.17, 15) is 22.8 Å². The number of nitrogens with one attached hydrogen (secondary N) is 1. The van der Waals surface area contributed by atoms with Crippen LogP contribution in [0.25, 0.3) is 0 Å². The Balaban J connectivity index is 0.00000364. The summed E-state index contributed by atoms with van der Waals surface area (Å²) < 4.78 is 39.7. The summed E-state index contributed by atoms with van der Waals surface area (Å²) in [5.41, 5.74) is 4.67. The van der Waals surface area contributed by atoms with Crippen LogP contribution in [-0.4, -0.2) is 30.9 Å². The lowest BCUT2D eigenvalue weighted by atomic mass is 10.1. The molecule has 27 heavy (non-hydrogen) atoms. The summed E-state index contributed by atoms with van der Waals surface area (Å²) in [4.78, 5) is 25.6.